The molecule has 2 saturated heterocycles. The number of nitrogens with zero attached hydrogens (tertiary/aromatic N) is 1. The summed E-state index contributed by atoms with van der Waals surface area (Å²) in [6.45, 7) is -0.0235. The van der Waals surface area contributed by atoms with Crippen LogP contribution in [0.1, 0.15) is 16.8 Å². The second-order valence-corrected chi connectivity index (χ2v) is 7.35. The summed E-state index contributed by atoms with van der Waals surface area (Å²) in [6.07, 6.45) is 0.319. The van der Waals surface area contributed by atoms with Gasteiger partial charge in [0.05, 0.1) is 16.6 Å². The lowest BCUT2D eigenvalue weighted by molar-refractivity contribution is 0.0739. The molecule has 3 rings (SSSR count). The maximum atomic E-state index is 13.6. The largest absolute Gasteiger partial charge is 0.333 e. The Morgan fingerprint density at radius 2 is 1.90 bits per heavy atom. The van der Waals surface area contributed by atoms with Crippen molar-refractivity contribution in [3.8, 4) is 0 Å². The highest BCUT2D eigenvalue weighted by Crippen LogP contribution is 2.34. The first-order chi connectivity index (χ1) is 9.31. The summed E-state index contributed by atoms with van der Waals surface area (Å²) in [6, 6.07) is 1.04. The van der Waals surface area contributed by atoms with Crippen molar-refractivity contribution in [3.05, 3.63) is 35.1 Å². The summed E-state index contributed by atoms with van der Waals surface area (Å²) in [4.78, 5) is 13.4. The first kappa shape index (κ1) is 13.4. The molecule has 20 heavy (non-hydrogen) atoms. The molecule has 8 heteroatoms. The predicted octanol–water partition coefficient (Wildman–Crippen LogP) is 1.12. The highest BCUT2D eigenvalue weighted by molar-refractivity contribution is 7.92. The minimum absolute atomic E-state index is 0.0235. The Hall–Kier alpha value is -1.57. The van der Waals surface area contributed by atoms with Crippen molar-refractivity contribution in [3.63, 3.8) is 0 Å². The van der Waals surface area contributed by atoms with Crippen LogP contribution < -0.4 is 0 Å². The van der Waals surface area contributed by atoms with Gasteiger partial charge in [-0.25, -0.2) is 21.6 Å². The average molecular weight is 305 g/mol. The van der Waals surface area contributed by atoms with Gasteiger partial charge in [0.15, 0.2) is 27.3 Å². The van der Waals surface area contributed by atoms with Crippen LogP contribution in [0.2, 0.25) is 0 Å². The molecule has 2 fully saturated rings. The fraction of sp³-hybridized carbons (Fsp3) is 0.417. The molecule has 2 heterocycles. The van der Waals surface area contributed by atoms with Crippen LogP contribution in [0.15, 0.2) is 12.1 Å². The van der Waals surface area contributed by atoms with Gasteiger partial charge in [0.25, 0.3) is 5.91 Å². The second kappa shape index (κ2) is 4.21. The summed E-state index contributed by atoms with van der Waals surface area (Å²) in [5.74, 6) is -5.57. The summed E-state index contributed by atoms with van der Waals surface area (Å²) in [5.41, 5.74) is -0.575. The van der Waals surface area contributed by atoms with Gasteiger partial charge in [0.1, 0.15) is 0 Å². The average Bonchev–Trinajstić information content (AvgIpc) is 2.91. The molecule has 0 unspecified atom stereocenters. The van der Waals surface area contributed by atoms with E-state index in [1.54, 1.807) is 0 Å². The fourth-order valence-corrected chi connectivity index (χ4v) is 4.82. The van der Waals surface area contributed by atoms with E-state index < -0.39 is 50.1 Å². The van der Waals surface area contributed by atoms with Crippen LogP contribution >= 0.6 is 0 Å². The molecular formula is C12H10F3NO3S. The van der Waals surface area contributed by atoms with Gasteiger partial charge < -0.3 is 4.90 Å². The SMILES string of the molecule is O=C(c1ccc(F)c(F)c1F)N1C[C@H]2C[C@H]1CS2(=O)=O. The van der Waals surface area contributed by atoms with Gasteiger partial charge in [-0.05, 0) is 18.6 Å². The quantitative estimate of drug-likeness (QED) is 0.731. The van der Waals surface area contributed by atoms with Crippen LogP contribution in [0.25, 0.3) is 0 Å². The van der Waals surface area contributed by atoms with Gasteiger partial charge >= 0.3 is 0 Å². The van der Waals surface area contributed by atoms with Crippen molar-refractivity contribution >= 4 is 15.7 Å². The van der Waals surface area contributed by atoms with E-state index in [0.29, 0.717) is 12.5 Å². The van der Waals surface area contributed by atoms with Crippen LogP contribution in [0.4, 0.5) is 13.2 Å². The Bertz CT molecular complexity index is 704. The van der Waals surface area contributed by atoms with Crippen molar-refractivity contribution in [2.75, 3.05) is 12.3 Å². The number of hydrogen-bond donors (Lipinski definition) is 0. The van der Waals surface area contributed by atoms with E-state index in [-0.39, 0.29) is 12.3 Å². The van der Waals surface area contributed by atoms with Gasteiger partial charge in [0, 0.05) is 12.6 Å². The van der Waals surface area contributed by atoms with Gasteiger partial charge in [-0.1, -0.05) is 0 Å². The third-order valence-corrected chi connectivity index (χ3v) is 6.04. The zero-order chi connectivity index (χ0) is 14.7. The van der Waals surface area contributed by atoms with Gasteiger partial charge in [-0.3, -0.25) is 4.79 Å². The van der Waals surface area contributed by atoms with E-state index in [2.05, 4.69) is 0 Å². The van der Waals surface area contributed by atoms with E-state index in [0.717, 1.165) is 6.07 Å². The Balaban J connectivity index is 1.91. The Labute approximate surface area is 113 Å². The number of sulfone groups is 1. The minimum Gasteiger partial charge on any atom is -0.333 e. The van der Waals surface area contributed by atoms with Crippen molar-refractivity contribution in [1.82, 2.24) is 4.90 Å². The molecule has 2 aliphatic heterocycles. The maximum absolute atomic E-state index is 13.6. The third kappa shape index (κ3) is 1.81. The summed E-state index contributed by atoms with van der Waals surface area (Å²) >= 11 is 0. The van der Waals surface area contributed by atoms with Crippen LogP contribution in [-0.2, 0) is 9.84 Å². The van der Waals surface area contributed by atoms with Crippen molar-refractivity contribution in [2.45, 2.75) is 17.7 Å². The zero-order valence-electron chi connectivity index (χ0n) is 10.1. The lowest BCUT2D eigenvalue weighted by Crippen LogP contribution is -2.44. The molecule has 1 amide bonds. The van der Waals surface area contributed by atoms with Crippen molar-refractivity contribution in [1.29, 1.82) is 0 Å². The van der Waals surface area contributed by atoms with E-state index in [1.807, 2.05) is 0 Å². The summed E-state index contributed by atoms with van der Waals surface area (Å²) < 4.78 is 62.7. The van der Waals surface area contributed by atoms with Crippen LogP contribution in [0.3, 0.4) is 0 Å². The van der Waals surface area contributed by atoms with Crippen molar-refractivity contribution in [2.24, 2.45) is 0 Å². The van der Waals surface area contributed by atoms with Crippen LogP contribution in [-0.4, -0.2) is 42.8 Å². The number of amides is 1. The van der Waals surface area contributed by atoms with E-state index in [4.69, 9.17) is 0 Å². The number of fused-ring (bicyclic) bond motifs is 2. The van der Waals surface area contributed by atoms with Crippen molar-refractivity contribution < 1.29 is 26.4 Å². The molecule has 0 spiro atoms. The zero-order valence-corrected chi connectivity index (χ0v) is 11.0. The Morgan fingerprint density at radius 1 is 1.20 bits per heavy atom. The predicted molar refractivity (Wildman–Crippen MR) is 63.3 cm³/mol. The normalized spacial score (nSPS) is 27.1. The molecule has 0 N–H and O–H groups in total. The number of likely N-dealkylation sites (tertiary alicyclic amines) is 1. The molecule has 0 radical (unpaired) electrons. The molecule has 1 aromatic rings. The molecule has 0 saturated carbocycles. The monoisotopic (exact) mass is 305 g/mol. The number of benzene rings is 1. The van der Waals surface area contributed by atoms with E-state index in [1.165, 1.54) is 4.90 Å². The van der Waals surface area contributed by atoms with Crippen LogP contribution in [0, 0.1) is 17.5 Å². The molecule has 2 atom stereocenters. The Morgan fingerprint density at radius 3 is 2.45 bits per heavy atom. The van der Waals surface area contributed by atoms with Crippen LogP contribution in [0.5, 0.6) is 0 Å². The van der Waals surface area contributed by atoms with Gasteiger partial charge in [-0.2, -0.15) is 0 Å². The lowest BCUT2D eigenvalue weighted by Gasteiger charge is -2.27. The fourth-order valence-electron chi connectivity index (χ4n) is 2.79. The number of halogens is 3. The smallest absolute Gasteiger partial charge is 0.257 e. The molecular weight excluding hydrogens is 295 g/mol. The first-order valence-electron chi connectivity index (χ1n) is 5.97. The number of carbonyl (C=O) groups excluding carboxylic acids is 1. The highest BCUT2D eigenvalue weighted by Gasteiger charge is 2.50. The summed E-state index contributed by atoms with van der Waals surface area (Å²) in [7, 11) is -3.18. The molecule has 108 valence electrons. The number of rotatable bonds is 1. The maximum Gasteiger partial charge on any atom is 0.257 e. The third-order valence-electron chi connectivity index (χ3n) is 3.84. The first-order valence-corrected chi connectivity index (χ1v) is 7.69. The number of carbonyl (C=O) groups is 1. The molecule has 2 aliphatic rings. The Kier molecular flexibility index (Phi) is 2.82. The molecule has 4 nitrogen and oxygen atoms in total. The molecule has 0 aromatic heterocycles. The van der Waals surface area contributed by atoms with Gasteiger partial charge in [-0.15, -0.1) is 0 Å². The highest BCUT2D eigenvalue weighted by atomic mass is 32.2. The minimum atomic E-state index is -3.18. The van der Waals surface area contributed by atoms with E-state index in [9.17, 15) is 26.4 Å². The topological polar surface area (TPSA) is 54.5 Å². The number of hydrogen-bond acceptors (Lipinski definition) is 3. The molecule has 2 bridgehead atoms. The van der Waals surface area contributed by atoms with E-state index >= 15 is 0 Å². The molecule has 0 aliphatic carbocycles. The van der Waals surface area contributed by atoms with Gasteiger partial charge in [0.2, 0.25) is 0 Å². The summed E-state index contributed by atoms with van der Waals surface area (Å²) in [5, 5.41) is -0.634. The molecule has 1 aromatic carbocycles. The lowest BCUT2D eigenvalue weighted by atomic mass is 10.1. The second-order valence-electron chi connectivity index (χ2n) is 5.02. The standard InChI is InChI=1S/C12H10F3NO3S/c13-9-2-1-8(10(14)11(9)15)12(17)16-4-7-3-6(16)5-20(7,18)19/h1-2,6-7H,3-5H2/t6-,7+/m0/s1.